The minimum absolute atomic E-state index is 0.0124. The average Bonchev–Trinajstić information content (AvgIpc) is 2.45. The van der Waals surface area contributed by atoms with E-state index in [2.05, 4.69) is 11.8 Å². The summed E-state index contributed by atoms with van der Waals surface area (Å²) < 4.78 is 10.2. The van der Waals surface area contributed by atoms with E-state index in [0.29, 0.717) is 19.8 Å². The first-order chi connectivity index (χ1) is 10.1. The van der Waals surface area contributed by atoms with Crippen molar-refractivity contribution < 1.29 is 29.3 Å². The highest BCUT2D eigenvalue weighted by atomic mass is 16.5. The van der Waals surface area contributed by atoms with E-state index in [0.717, 1.165) is 0 Å². The molecule has 0 aromatic heterocycles. The zero-order chi connectivity index (χ0) is 15.7. The van der Waals surface area contributed by atoms with Gasteiger partial charge in [-0.2, -0.15) is 0 Å². The summed E-state index contributed by atoms with van der Waals surface area (Å²) in [4.78, 5) is 21.9. The van der Waals surface area contributed by atoms with Gasteiger partial charge in [-0.3, -0.25) is 0 Å². The van der Waals surface area contributed by atoms with Crippen LogP contribution < -0.4 is 0 Å². The molecule has 1 rings (SSSR count). The molecule has 6 heteroatoms. The molecular weight excluding hydrogens is 276 g/mol. The van der Waals surface area contributed by atoms with Crippen LogP contribution in [-0.4, -0.2) is 48.6 Å². The molecule has 0 heterocycles. The summed E-state index contributed by atoms with van der Waals surface area (Å²) in [5.74, 6) is 2.98. The van der Waals surface area contributed by atoms with Crippen LogP contribution in [0.2, 0.25) is 0 Å². The second-order valence-electron chi connectivity index (χ2n) is 3.92. The standard InChI is InChI=1S/C15H16O6/c1-2-20-8-9-21-7-3-4-11-10-12(14(16)17)5-6-13(11)15(18)19/h5-6,10H,2,7-9H2,1H3,(H,16,17)(H,18,19). The molecule has 112 valence electrons. The van der Waals surface area contributed by atoms with E-state index in [1.165, 1.54) is 18.2 Å². The van der Waals surface area contributed by atoms with E-state index < -0.39 is 11.9 Å². The molecule has 2 N–H and O–H groups in total. The number of hydrogen-bond acceptors (Lipinski definition) is 4. The van der Waals surface area contributed by atoms with Crippen molar-refractivity contribution in [2.24, 2.45) is 0 Å². The molecule has 0 saturated carbocycles. The largest absolute Gasteiger partial charge is 0.478 e. The van der Waals surface area contributed by atoms with Crippen LogP contribution in [-0.2, 0) is 9.47 Å². The molecule has 0 saturated heterocycles. The van der Waals surface area contributed by atoms with Crippen molar-refractivity contribution in [1.82, 2.24) is 0 Å². The molecule has 0 amide bonds. The fraction of sp³-hybridized carbons (Fsp3) is 0.333. The molecule has 0 unspecified atom stereocenters. The minimum Gasteiger partial charge on any atom is -0.478 e. The van der Waals surface area contributed by atoms with Crippen LogP contribution in [0.4, 0.5) is 0 Å². The monoisotopic (exact) mass is 292 g/mol. The van der Waals surface area contributed by atoms with Crippen molar-refractivity contribution in [3.05, 3.63) is 34.9 Å². The van der Waals surface area contributed by atoms with Crippen molar-refractivity contribution in [2.75, 3.05) is 26.4 Å². The molecule has 21 heavy (non-hydrogen) atoms. The van der Waals surface area contributed by atoms with Gasteiger partial charge in [0.15, 0.2) is 0 Å². The van der Waals surface area contributed by atoms with Gasteiger partial charge in [0.05, 0.1) is 24.3 Å². The average molecular weight is 292 g/mol. The lowest BCUT2D eigenvalue weighted by molar-refractivity contribution is 0.0662. The second kappa shape index (κ2) is 8.74. The molecule has 0 radical (unpaired) electrons. The first-order valence-corrected chi connectivity index (χ1v) is 6.31. The number of carboxylic acids is 2. The van der Waals surface area contributed by atoms with Crippen LogP contribution >= 0.6 is 0 Å². The Morgan fingerprint density at radius 3 is 2.48 bits per heavy atom. The van der Waals surface area contributed by atoms with Gasteiger partial charge in [0.25, 0.3) is 0 Å². The van der Waals surface area contributed by atoms with Gasteiger partial charge in [0.1, 0.15) is 6.61 Å². The summed E-state index contributed by atoms with van der Waals surface area (Å²) in [6, 6.07) is 3.69. The van der Waals surface area contributed by atoms with E-state index in [1.807, 2.05) is 6.92 Å². The second-order valence-corrected chi connectivity index (χ2v) is 3.92. The summed E-state index contributed by atoms with van der Waals surface area (Å²) in [6.45, 7) is 3.46. The molecule has 6 nitrogen and oxygen atoms in total. The van der Waals surface area contributed by atoms with E-state index >= 15 is 0 Å². The van der Waals surface area contributed by atoms with Gasteiger partial charge >= 0.3 is 11.9 Å². The van der Waals surface area contributed by atoms with Crippen molar-refractivity contribution in [3.63, 3.8) is 0 Å². The minimum atomic E-state index is -1.16. The third kappa shape index (κ3) is 5.65. The predicted molar refractivity (Wildman–Crippen MR) is 74.6 cm³/mol. The van der Waals surface area contributed by atoms with E-state index in [9.17, 15) is 9.59 Å². The van der Waals surface area contributed by atoms with Crippen LogP contribution in [0.3, 0.4) is 0 Å². The van der Waals surface area contributed by atoms with Gasteiger partial charge in [0, 0.05) is 12.2 Å². The topological polar surface area (TPSA) is 93.1 Å². The molecule has 0 atom stereocenters. The fourth-order valence-corrected chi connectivity index (χ4v) is 1.48. The summed E-state index contributed by atoms with van der Waals surface area (Å²) in [6.07, 6.45) is 0. The van der Waals surface area contributed by atoms with Gasteiger partial charge in [-0.25, -0.2) is 9.59 Å². The van der Waals surface area contributed by atoms with Crippen molar-refractivity contribution >= 4 is 11.9 Å². The Bertz CT molecular complexity index is 567. The lowest BCUT2D eigenvalue weighted by atomic mass is 10.0. The third-order valence-electron chi connectivity index (χ3n) is 2.47. The van der Waals surface area contributed by atoms with Gasteiger partial charge in [-0.1, -0.05) is 11.8 Å². The highest BCUT2D eigenvalue weighted by Gasteiger charge is 2.11. The zero-order valence-electron chi connectivity index (χ0n) is 11.6. The third-order valence-corrected chi connectivity index (χ3v) is 2.47. The smallest absolute Gasteiger partial charge is 0.336 e. The van der Waals surface area contributed by atoms with Crippen LogP contribution in [0.5, 0.6) is 0 Å². The Balaban J connectivity index is 2.74. The molecule has 0 bridgehead atoms. The van der Waals surface area contributed by atoms with Crippen LogP contribution in [0.15, 0.2) is 18.2 Å². The number of ether oxygens (including phenoxy) is 2. The predicted octanol–water partition coefficient (Wildman–Crippen LogP) is 1.49. The quantitative estimate of drug-likeness (QED) is 0.584. The Labute approximate surface area is 122 Å². The molecule has 0 aliphatic heterocycles. The molecule has 0 aliphatic rings. The SMILES string of the molecule is CCOCCOCC#Cc1cc(C(=O)O)ccc1C(=O)O. The molecule has 1 aromatic carbocycles. The molecule has 0 fully saturated rings. The summed E-state index contributed by atoms with van der Waals surface area (Å²) >= 11 is 0. The fourth-order valence-electron chi connectivity index (χ4n) is 1.48. The maximum Gasteiger partial charge on any atom is 0.336 e. The summed E-state index contributed by atoms with van der Waals surface area (Å²) in [7, 11) is 0. The summed E-state index contributed by atoms with van der Waals surface area (Å²) in [5.41, 5.74) is 0.0965. The highest BCUT2D eigenvalue weighted by Crippen LogP contribution is 2.11. The Hall–Kier alpha value is -2.36. The van der Waals surface area contributed by atoms with Gasteiger partial charge in [0.2, 0.25) is 0 Å². The number of rotatable bonds is 7. The Kier molecular flexibility index (Phi) is 6.95. The van der Waals surface area contributed by atoms with Crippen molar-refractivity contribution in [3.8, 4) is 11.8 Å². The van der Waals surface area contributed by atoms with E-state index in [4.69, 9.17) is 19.7 Å². The van der Waals surface area contributed by atoms with E-state index in [1.54, 1.807) is 0 Å². The molecule has 0 aliphatic carbocycles. The molecule has 1 aromatic rings. The highest BCUT2D eigenvalue weighted by molar-refractivity contribution is 5.94. The maximum atomic E-state index is 11.0. The molecular formula is C15H16O6. The normalized spacial score (nSPS) is 9.76. The summed E-state index contributed by atoms with van der Waals surface area (Å²) in [5, 5.41) is 17.9. The van der Waals surface area contributed by atoms with Gasteiger partial charge in [-0.15, -0.1) is 0 Å². The zero-order valence-corrected chi connectivity index (χ0v) is 11.6. The van der Waals surface area contributed by atoms with Crippen LogP contribution in [0, 0.1) is 11.8 Å². The van der Waals surface area contributed by atoms with Gasteiger partial charge in [-0.05, 0) is 25.1 Å². The van der Waals surface area contributed by atoms with Crippen molar-refractivity contribution in [2.45, 2.75) is 6.92 Å². The van der Waals surface area contributed by atoms with Crippen LogP contribution in [0.25, 0.3) is 0 Å². The lowest BCUT2D eigenvalue weighted by Crippen LogP contribution is -2.05. The maximum absolute atomic E-state index is 11.0. The van der Waals surface area contributed by atoms with Gasteiger partial charge < -0.3 is 19.7 Å². The Morgan fingerprint density at radius 2 is 1.86 bits per heavy atom. The number of carboxylic acid groups (broad SMARTS) is 2. The number of carbonyl (C=O) groups is 2. The van der Waals surface area contributed by atoms with Crippen LogP contribution in [0.1, 0.15) is 33.2 Å². The Morgan fingerprint density at radius 1 is 1.14 bits per heavy atom. The molecule has 0 spiro atoms. The number of aromatic carboxylic acids is 2. The first kappa shape index (κ1) is 16.7. The number of hydrogen-bond donors (Lipinski definition) is 2. The lowest BCUT2D eigenvalue weighted by Gasteiger charge is -2.01. The first-order valence-electron chi connectivity index (χ1n) is 6.31. The van der Waals surface area contributed by atoms with E-state index in [-0.39, 0.29) is 23.3 Å². The van der Waals surface area contributed by atoms with Crippen molar-refractivity contribution in [1.29, 1.82) is 0 Å². The number of benzene rings is 1.